The molecule has 2 N–H and O–H groups in total. The van der Waals surface area contributed by atoms with Crippen LogP contribution in [0.5, 0.6) is 5.75 Å². The second-order valence-electron chi connectivity index (χ2n) is 6.67. The zero-order valence-electron chi connectivity index (χ0n) is 16.4. The Labute approximate surface area is 168 Å². The maximum absolute atomic E-state index is 12.9. The molecule has 7 heteroatoms. The lowest BCUT2D eigenvalue weighted by Gasteiger charge is -2.09. The third-order valence-electron chi connectivity index (χ3n) is 4.74. The van der Waals surface area contributed by atoms with Gasteiger partial charge in [0.25, 0.3) is 0 Å². The first-order valence-electron chi connectivity index (χ1n) is 9.52. The van der Waals surface area contributed by atoms with E-state index in [-0.39, 0.29) is 11.4 Å². The highest BCUT2D eigenvalue weighted by Gasteiger charge is 2.26. The first-order valence-corrected chi connectivity index (χ1v) is 9.52. The molecule has 2 heterocycles. The van der Waals surface area contributed by atoms with E-state index in [1.165, 1.54) is 0 Å². The van der Waals surface area contributed by atoms with Crippen molar-refractivity contribution in [1.82, 2.24) is 14.5 Å². The average molecular weight is 390 g/mol. The molecule has 4 aromatic rings. The lowest BCUT2D eigenvalue weighted by atomic mass is 10.2. The number of rotatable bonds is 6. The number of unbranched alkanes of at least 4 members (excludes halogenated alkanes) is 1. The Morgan fingerprint density at radius 2 is 1.86 bits per heavy atom. The summed E-state index contributed by atoms with van der Waals surface area (Å²) in [6.45, 7) is 2.37. The van der Waals surface area contributed by atoms with Gasteiger partial charge in [-0.15, -0.1) is 0 Å². The molecule has 148 valence electrons. The van der Waals surface area contributed by atoms with Crippen LogP contribution in [0.1, 0.15) is 30.1 Å². The summed E-state index contributed by atoms with van der Waals surface area (Å²) in [6.07, 6.45) is 1.72. The number of aromatic nitrogens is 3. The molecule has 0 aliphatic rings. The van der Waals surface area contributed by atoms with Crippen LogP contribution in [0.25, 0.3) is 27.9 Å². The lowest BCUT2D eigenvalue weighted by Crippen LogP contribution is -2.10. The zero-order valence-corrected chi connectivity index (χ0v) is 16.4. The number of esters is 1. The number of nitrogens with two attached hydrogens (primary N) is 1. The van der Waals surface area contributed by atoms with E-state index in [4.69, 9.17) is 20.2 Å². The molecule has 4 rings (SSSR count). The number of nitrogen functional groups attached to an aromatic ring is 1. The molecule has 0 aliphatic heterocycles. The standard InChI is InChI=1S/C22H22N4O3/c1-3-4-12-29-22(27)18-19-21(25-17-11-6-5-10-16(17)24-19)26(20(18)23)14-8-7-9-15(13-14)28-2/h5-11,13H,3-4,12,23H2,1-2H3. The van der Waals surface area contributed by atoms with E-state index in [1.54, 1.807) is 11.7 Å². The van der Waals surface area contributed by atoms with Gasteiger partial charge in [0, 0.05) is 6.07 Å². The van der Waals surface area contributed by atoms with Crippen molar-refractivity contribution in [3.8, 4) is 11.4 Å². The summed E-state index contributed by atoms with van der Waals surface area (Å²) in [5.41, 5.74) is 9.73. The zero-order chi connectivity index (χ0) is 20.4. The molecule has 0 bridgehead atoms. The van der Waals surface area contributed by atoms with Gasteiger partial charge in [0.1, 0.15) is 22.6 Å². The molecule has 0 fully saturated rings. The van der Waals surface area contributed by atoms with Crippen LogP contribution in [0, 0.1) is 0 Å². The maximum atomic E-state index is 12.9. The molecule has 0 saturated carbocycles. The number of para-hydroxylation sites is 2. The van der Waals surface area contributed by atoms with Gasteiger partial charge in [-0.05, 0) is 30.7 Å². The number of anilines is 1. The number of carbonyl (C=O) groups is 1. The summed E-state index contributed by atoms with van der Waals surface area (Å²) in [5.74, 6) is 0.418. The SMILES string of the molecule is CCCCOC(=O)c1c(N)n(-c2cccc(OC)c2)c2nc3ccccc3nc12. The summed E-state index contributed by atoms with van der Waals surface area (Å²) in [5, 5.41) is 0. The van der Waals surface area contributed by atoms with Gasteiger partial charge >= 0.3 is 5.97 Å². The summed E-state index contributed by atoms with van der Waals surface area (Å²) in [7, 11) is 1.60. The first-order chi connectivity index (χ1) is 14.1. The third-order valence-corrected chi connectivity index (χ3v) is 4.74. The molecule has 2 aromatic carbocycles. The molecule has 29 heavy (non-hydrogen) atoms. The highest BCUT2D eigenvalue weighted by molar-refractivity contribution is 6.09. The number of benzene rings is 2. The topological polar surface area (TPSA) is 92.3 Å². The number of ether oxygens (including phenoxy) is 2. The minimum absolute atomic E-state index is 0.233. The van der Waals surface area contributed by atoms with Crippen molar-refractivity contribution in [2.45, 2.75) is 19.8 Å². The van der Waals surface area contributed by atoms with Crippen molar-refractivity contribution >= 4 is 34.0 Å². The number of fused-ring (bicyclic) bond motifs is 2. The van der Waals surface area contributed by atoms with Crippen molar-refractivity contribution in [3.05, 3.63) is 54.1 Å². The summed E-state index contributed by atoms with van der Waals surface area (Å²) in [6, 6.07) is 14.9. The number of carbonyl (C=O) groups excluding carboxylic acids is 1. The maximum Gasteiger partial charge on any atom is 0.344 e. The molecule has 0 aliphatic carbocycles. The van der Waals surface area contributed by atoms with Crippen LogP contribution in [0.15, 0.2) is 48.5 Å². The van der Waals surface area contributed by atoms with Crippen LogP contribution in [-0.4, -0.2) is 34.2 Å². The van der Waals surface area contributed by atoms with Crippen molar-refractivity contribution in [1.29, 1.82) is 0 Å². The molecule has 0 amide bonds. The Hall–Kier alpha value is -3.61. The molecular formula is C22H22N4O3. The minimum Gasteiger partial charge on any atom is -0.497 e. The van der Waals surface area contributed by atoms with Crippen LogP contribution < -0.4 is 10.5 Å². The fourth-order valence-electron chi connectivity index (χ4n) is 3.26. The molecule has 0 saturated heterocycles. The molecule has 0 spiro atoms. The predicted molar refractivity (Wildman–Crippen MR) is 113 cm³/mol. The Morgan fingerprint density at radius 1 is 1.10 bits per heavy atom. The Kier molecular flexibility index (Phi) is 5.03. The van der Waals surface area contributed by atoms with Gasteiger partial charge < -0.3 is 15.2 Å². The van der Waals surface area contributed by atoms with Gasteiger partial charge in [0.2, 0.25) is 0 Å². The van der Waals surface area contributed by atoms with E-state index in [1.807, 2.05) is 55.5 Å². The second-order valence-corrected chi connectivity index (χ2v) is 6.67. The van der Waals surface area contributed by atoms with Crippen molar-refractivity contribution in [2.75, 3.05) is 19.5 Å². The monoisotopic (exact) mass is 390 g/mol. The van der Waals surface area contributed by atoms with Crippen LogP contribution in [0.4, 0.5) is 5.82 Å². The molecule has 0 unspecified atom stereocenters. The van der Waals surface area contributed by atoms with Gasteiger partial charge in [0.15, 0.2) is 5.65 Å². The van der Waals surface area contributed by atoms with E-state index in [0.717, 1.165) is 18.5 Å². The van der Waals surface area contributed by atoms with Crippen molar-refractivity contribution < 1.29 is 14.3 Å². The number of hydrogen-bond acceptors (Lipinski definition) is 6. The molecule has 7 nitrogen and oxygen atoms in total. The van der Waals surface area contributed by atoms with Gasteiger partial charge in [-0.2, -0.15) is 0 Å². The Balaban J connectivity index is 1.97. The smallest absolute Gasteiger partial charge is 0.344 e. The average Bonchev–Trinajstić information content (AvgIpc) is 3.03. The summed E-state index contributed by atoms with van der Waals surface area (Å²) in [4.78, 5) is 22.3. The van der Waals surface area contributed by atoms with E-state index in [2.05, 4.69) is 4.98 Å². The highest BCUT2D eigenvalue weighted by atomic mass is 16.5. The number of methoxy groups -OCH3 is 1. The second kappa shape index (κ2) is 7.79. The first kappa shape index (κ1) is 18.7. The van der Waals surface area contributed by atoms with Crippen LogP contribution in [0.3, 0.4) is 0 Å². The van der Waals surface area contributed by atoms with Gasteiger partial charge in [-0.1, -0.05) is 31.5 Å². The van der Waals surface area contributed by atoms with Gasteiger partial charge in [0.05, 0.1) is 30.4 Å². The summed E-state index contributed by atoms with van der Waals surface area (Å²) >= 11 is 0. The molecule has 0 atom stereocenters. The Bertz CT molecular complexity index is 1200. The summed E-state index contributed by atoms with van der Waals surface area (Å²) < 4.78 is 12.5. The minimum atomic E-state index is -0.493. The van der Waals surface area contributed by atoms with Crippen LogP contribution >= 0.6 is 0 Å². The Morgan fingerprint density at radius 3 is 2.59 bits per heavy atom. The normalized spacial score (nSPS) is 11.1. The predicted octanol–water partition coefficient (Wildman–Crippen LogP) is 4.12. The van der Waals surface area contributed by atoms with Crippen molar-refractivity contribution in [2.24, 2.45) is 0 Å². The van der Waals surface area contributed by atoms with E-state index < -0.39 is 5.97 Å². The third kappa shape index (κ3) is 3.35. The largest absolute Gasteiger partial charge is 0.497 e. The van der Waals surface area contributed by atoms with Crippen LogP contribution in [-0.2, 0) is 4.74 Å². The molecule has 0 radical (unpaired) electrons. The fraction of sp³-hybridized carbons (Fsp3) is 0.227. The van der Waals surface area contributed by atoms with E-state index in [9.17, 15) is 4.79 Å². The quantitative estimate of drug-likeness (QED) is 0.393. The van der Waals surface area contributed by atoms with E-state index >= 15 is 0 Å². The van der Waals surface area contributed by atoms with E-state index in [0.29, 0.717) is 34.6 Å². The van der Waals surface area contributed by atoms with Gasteiger partial charge in [-0.3, -0.25) is 4.57 Å². The van der Waals surface area contributed by atoms with Crippen molar-refractivity contribution in [3.63, 3.8) is 0 Å². The lowest BCUT2D eigenvalue weighted by molar-refractivity contribution is 0.0503. The van der Waals surface area contributed by atoms with Gasteiger partial charge in [-0.25, -0.2) is 14.8 Å². The number of hydrogen-bond donors (Lipinski definition) is 1. The number of nitrogens with zero attached hydrogens (tertiary/aromatic N) is 3. The fourth-order valence-corrected chi connectivity index (χ4v) is 3.26. The molecule has 2 aromatic heterocycles. The molecular weight excluding hydrogens is 368 g/mol. The highest BCUT2D eigenvalue weighted by Crippen LogP contribution is 2.32. The van der Waals surface area contributed by atoms with Crippen LogP contribution in [0.2, 0.25) is 0 Å².